The van der Waals surface area contributed by atoms with E-state index < -0.39 is 0 Å². The molecule has 1 rings (SSSR count). The minimum absolute atomic E-state index is 0.863. The molecular formula is C7H10NP. The van der Waals surface area contributed by atoms with Gasteiger partial charge in [-0.15, -0.1) is 9.24 Å². The highest BCUT2D eigenvalue weighted by Crippen LogP contribution is 2.07. The molecule has 2 N–H and O–H groups in total. The van der Waals surface area contributed by atoms with E-state index in [2.05, 4.69) is 9.24 Å². The summed E-state index contributed by atoms with van der Waals surface area (Å²) in [7, 11) is 2.61. The average Bonchev–Trinajstić information content (AvgIpc) is 1.80. The van der Waals surface area contributed by atoms with Crippen molar-refractivity contribution in [3.05, 3.63) is 23.8 Å². The van der Waals surface area contributed by atoms with Crippen LogP contribution < -0.4 is 11.0 Å². The largest absolute Gasteiger partial charge is 0.398 e. The lowest BCUT2D eigenvalue weighted by Gasteiger charge is -1.98. The molecule has 0 spiro atoms. The summed E-state index contributed by atoms with van der Waals surface area (Å²) >= 11 is 0. The van der Waals surface area contributed by atoms with Crippen LogP contribution in [0.4, 0.5) is 5.69 Å². The monoisotopic (exact) mass is 139 g/mol. The van der Waals surface area contributed by atoms with Crippen LogP contribution in [0.25, 0.3) is 0 Å². The lowest BCUT2D eigenvalue weighted by Crippen LogP contribution is -1.95. The van der Waals surface area contributed by atoms with E-state index in [-0.39, 0.29) is 0 Å². The second-order valence-electron chi connectivity index (χ2n) is 2.12. The average molecular weight is 139 g/mol. The molecule has 0 saturated heterocycles. The molecule has 1 unspecified atom stereocenters. The van der Waals surface area contributed by atoms with Crippen molar-refractivity contribution in [2.75, 3.05) is 5.73 Å². The molecule has 9 heavy (non-hydrogen) atoms. The van der Waals surface area contributed by atoms with Gasteiger partial charge in [0.2, 0.25) is 0 Å². The Labute approximate surface area is 57.5 Å². The Hall–Kier alpha value is -0.550. The van der Waals surface area contributed by atoms with E-state index in [9.17, 15) is 0 Å². The van der Waals surface area contributed by atoms with Gasteiger partial charge >= 0.3 is 0 Å². The van der Waals surface area contributed by atoms with Gasteiger partial charge in [0.05, 0.1) is 0 Å². The van der Waals surface area contributed by atoms with E-state index >= 15 is 0 Å². The second-order valence-corrected chi connectivity index (χ2v) is 2.78. The molecule has 2 heteroatoms. The van der Waals surface area contributed by atoms with E-state index in [1.165, 1.54) is 0 Å². The predicted molar refractivity (Wildman–Crippen MR) is 44.9 cm³/mol. The van der Waals surface area contributed by atoms with E-state index in [1.807, 2.05) is 25.1 Å². The first kappa shape index (κ1) is 6.57. The van der Waals surface area contributed by atoms with Gasteiger partial charge in [0.1, 0.15) is 0 Å². The maximum Gasteiger partial charge on any atom is 0.0349 e. The second kappa shape index (κ2) is 2.36. The zero-order valence-electron chi connectivity index (χ0n) is 5.39. The number of anilines is 1. The van der Waals surface area contributed by atoms with Crippen LogP contribution in [0.2, 0.25) is 0 Å². The van der Waals surface area contributed by atoms with Crippen molar-refractivity contribution in [2.45, 2.75) is 6.92 Å². The fourth-order valence-corrected chi connectivity index (χ4v) is 0.935. The highest BCUT2D eigenvalue weighted by Gasteiger charge is 1.89. The van der Waals surface area contributed by atoms with E-state index in [1.54, 1.807) is 0 Å². The van der Waals surface area contributed by atoms with Gasteiger partial charge in [-0.3, -0.25) is 0 Å². The summed E-state index contributed by atoms with van der Waals surface area (Å²) in [5.74, 6) is 0. The zero-order chi connectivity index (χ0) is 6.85. The van der Waals surface area contributed by atoms with Gasteiger partial charge < -0.3 is 5.73 Å². The molecule has 0 heterocycles. The number of aryl methyl sites for hydroxylation is 1. The molecule has 0 aliphatic rings. The lowest BCUT2D eigenvalue weighted by molar-refractivity contribution is 1.49. The molecular weight excluding hydrogens is 129 g/mol. The third-order valence-corrected chi connectivity index (χ3v) is 1.66. The molecule has 48 valence electrons. The summed E-state index contributed by atoms with van der Waals surface area (Å²) in [6.45, 7) is 2.00. The number of nitrogen functional groups attached to an aromatic ring is 1. The Bertz CT molecular complexity index is 220. The molecule has 0 bridgehead atoms. The maximum absolute atomic E-state index is 5.61. The normalized spacial score (nSPS) is 9.56. The van der Waals surface area contributed by atoms with Crippen molar-refractivity contribution in [3.8, 4) is 0 Å². The van der Waals surface area contributed by atoms with Crippen LogP contribution in [0.15, 0.2) is 18.2 Å². The smallest absolute Gasteiger partial charge is 0.0349 e. The summed E-state index contributed by atoms with van der Waals surface area (Å²) in [5, 5.41) is 1.14. The SMILES string of the molecule is Cc1ccc(P)cc1N. The summed E-state index contributed by atoms with van der Waals surface area (Å²) in [6, 6.07) is 5.98. The van der Waals surface area contributed by atoms with Crippen molar-refractivity contribution >= 4 is 20.2 Å². The number of nitrogens with two attached hydrogens (primary N) is 1. The minimum atomic E-state index is 0.863. The minimum Gasteiger partial charge on any atom is -0.398 e. The van der Waals surface area contributed by atoms with E-state index in [0.717, 1.165) is 16.6 Å². The van der Waals surface area contributed by atoms with Crippen LogP contribution >= 0.6 is 9.24 Å². The first-order valence-corrected chi connectivity index (χ1v) is 3.39. The van der Waals surface area contributed by atoms with Crippen molar-refractivity contribution in [2.24, 2.45) is 0 Å². The van der Waals surface area contributed by atoms with Crippen LogP contribution in [0.1, 0.15) is 5.56 Å². The standard InChI is InChI=1S/C7H10NP/c1-5-2-3-6(9)4-7(5)8/h2-4H,8-9H2,1H3. The quantitative estimate of drug-likeness (QED) is 0.422. The van der Waals surface area contributed by atoms with Crippen molar-refractivity contribution in [1.82, 2.24) is 0 Å². The fourth-order valence-electron chi connectivity index (χ4n) is 0.659. The van der Waals surface area contributed by atoms with Gasteiger partial charge in [0.15, 0.2) is 0 Å². The van der Waals surface area contributed by atoms with Gasteiger partial charge in [-0.2, -0.15) is 0 Å². The molecule has 0 aromatic heterocycles. The van der Waals surface area contributed by atoms with Crippen LogP contribution in [0.3, 0.4) is 0 Å². The number of benzene rings is 1. The molecule has 1 nitrogen and oxygen atoms in total. The Kier molecular flexibility index (Phi) is 1.73. The molecule has 0 radical (unpaired) electrons. The Morgan fingerprint density at radius 1 is 1.44 bits per heavy atom. The molecule has 0 aliphatic heterocycles. The third-order valence-electron chi connectivity index (χ3n) is 1.30. The summed E-state index contributed by atoms with van der Waals surface area (Å²) in [4.78, 5) is 0. The van der Waals surface area contributed by atoms with Gasteiger partial charge in [0.25, 0.3) is 0 Å². The summed E-state index contributed by atoms with van der Waals surface area (Å²) < 4.78 is 0. The molecule has 1 atom stereocenters. The lowest BCUT2D eigenvalue weighted by atomic mass is 10.2. The van der Waals surface area contributed by atoms with E-state index in [4.69, 9.17) is 5.73 Å². The predicted octanol–water partition coefficient (Wildman–Crippen LogP) is 1.08. The van der Waals surface area contributed by atoms with Gasteiger partial charge in [0, 0.05) is 5.69 Å². The molecule has 0 aliphatic carbocycles. The Morgan fingerprint density at radius 2 is 2.11 bits per heavy atom. The zero-order valence-corrected chi connectivity index (χ0v) is 6.54. The fraction of sp³-hybridized carbons (Fsp3) is 0.143. The first-order chi connectivity index (χ1) is 4.20. The molecule has 1 aromatic carbocycles. The number of hydrogen-bond acceptors (Lipinski definition) is 1. The van der Waals surface area contributed by atoms with Crippen molar-refractivity contribution in [3.63, 3.8) is 0 Å². The van der Waals surface area contributed by atoms with Crippen LogP contribution in [-0.2, 0) is 0 Å². The highest BCUT2D eigenvalue weighted by atomic mass is 31.0. The molecule has 1 aromatic rings. The number of hydrogen-bond donors (Lipinski definition) is 1. The van der Waals surface area contributed by atoms with Crippen LogP contribution in [0.5, 0.6) is 0 Å². The van der Waals surface area contributed by atoms with Gasteiger partial charge in [-0.1, -0.05) is 12.1 Å². The third kappa shape index (κ3) is 1.43. The van der Waals surface area contributed by atoms with Crippen LogP contribution in [-0.4, -0.2) is 0 Å². The maximum atomic E-state index is 5.61. The van der Waals surface area contributed by atoms with Crippen LogP contribution in [0, 0.1) is 6.92 Å². The molecule has 0 amide bonds. The van der Waals surface area contributed by atoms with E-state index in [0.29, 0.717) is 0 Å². The van der Waals surface area contributed by atoms with Gasteiger partial charge in [-0.05, 0) is 23.9 Å². The molecule has 0 saturated carbocycles. The number of rotatable bonds is 0. The summed E-state index contributed by atoms with van der Waals surface area (Å²) in [6.07, 6.45) is 0. The van der Waals surface area contributed by atoms with Crippen molar-refractivity contribution in [1.29, 1.82) is 0 Å². The first-order valence-electron chi connectivity index (χ1n) is 2.82. The Balaban J connectivity index is 3.17. The summed E-state index contributed by atoms with van der Waals surface area (Å²) in [5.41, 5.74) is 7.61. The topological polar surface area (TPSA) is 26.0 Å². The molecule has 0 fully saturated rings. The highest BCUT2D eigenvalue weighted by molar-refractivity contribution is 7.27. The van der Waals surface area contributed by atoms with Crippen molar-refractivity contribution < 1.29 is 0 Å². The Morgan fingerprint density at radius 3 is 2.56 bits per heavy atom. The van der Waals surface area contributed by atoms with Gasteiger partial charge in [-0.25, -0.2) is 0 Å².